The molecule has 2 N–H and O–H groups in total. The van der Waals surface area contributed by atoms with Gasteiger partial charge < -0.3 is 10.5 Å². The first kappa shape index (κ1) is 19.4. The number of rotatable bonds is 4. The molecule has 0 fully saturated rings. The van der Waals surface area contributed by atoms with Crippen LogP contribution in [0.15, 0.2) is 39.9 Å². The number of esters is 1. The van der Waals surface area contributed by atoms with Gasteiger partial charge in [0.05, 0.1) is 12.8 Å². The number of methoxy groups -OCH3 is 1. The molecule has 0 saturated carbocycles. The monoisotopic (exact) mass is 371 g/mol. The van der Waals surface area contributed by atoms with Crippen LogP contribution in [0, 0.1) is 0 Å². The summed E-state index contributed by atoms with van der Waals surface area (Å²) in [6.45, 7) is 0. The van der Waals surface area contributed by atoms with Crippen LogP contribution < -0.4 is 17.0 Å². The lowest BCUT2D eigenvalue weighted by Gasteiger charge is -2.14. The van der Waals surface area contributed by atoms with Crippen LogP contribution in [-0.4, -0.2) is 28.3 Å². The summed E-state index contributed by atoms with van der Waals surface area (Å²) in [6, 6.07) is 5.28. The van der Waals surface area contributed by atoms with E-state index in [4.69, 9.17) is 5.73 Å². The molecule has 0 aliphatic carbocycles. The predicted octanol–water partition coefficient (Wildman–Crippen LogP) is 0.598. The van der Waals surface area contributed by atoms with E-state index in [1.54, 1.807) is 0 Å². The molecule has 2 aromatic rings. The third-order valence-corrected chi connectivity index (χ3v) is 3.76. The van der Waals surface area contributed by atoms with Crippen LogP contribution in [0.4, 0.5) is 13.2 Å². The van der Waals surface area contributed by atoms with Gasteiger partial charge in [-0.25, -0.2) is 9.36 Å². The minimum Gasteiger partial charge on any atom is -0.468 e. The molecule has 0 radical (unpaired) electrons. The Balaban J connectivity index is 2.41. The first-order valence-corrected chi connectivity index (χ1v) is 7.39. The molecule has 1 heterocycles. The van der Waals surface area contributed by atoms with Crippen molar-refractivity contribution in [1.29, 1.82) is 0 Å². The van der Waals surface area contributed by atoms with Crippen molar-refractivity contribution in [3.63, 3.8) is 0 Å². The number of hydrogen-bond acceptors (Lipinski definition) is 5. The Kier molecular flexibility index (Phi) is 5.36. The fraction of sp³-hybridized carbons (Fsp3) is 0.312. The maximum atomic E-state index is 12.9. The van der Waals surface area contributed by atoms with Gasteiger partial charge in [-0.05, 0) is 24.1 Å². The highest BCUT2D eigenvalue weighted by atomic mass is 19.4. The molecule has 0 spiro atoms. The van der Waals surface area contributed by atoms with Crippen molar-refractivity contribution in [2.45, 2.75) is 18.6 Å². The smallest absolute Gasteiger partial charge is 0.431 e. The van der Waals surface area contributed by atoms with Crippen molar-refractivity contribution in [2.75, 3.05) is 7.11 Å². The van der Waals surface area contributed by atoms with Crippen LogP contribution in [0.5, 0.6) is 0 Å². The normalized spacial score (nSPS) is 12.7. The van der Waals surface area contributed by atoms with Crippen LogP contribution in [0.1, 0.15) is 11.3 Å². The SMILES string of the molecule is COC(=O)[C@@H](N)Cc1ccc(-n2c(=O)cc(C(F)(F)F)n(C)c2=O)cc1. The van der Waals surface area contributed by atoms with Gasteiger partial charge in [0.25, 0.3) is 5.56 Å². The molecule has 0 aliphatic rings. The van der Waals surface area contributed by atoms with Crippen molar-refractivity contribution in [3.05, 3.63) is 62.4 Å². The van der Waals surface area contributed by atoms with Gasteiger partial charge in [-0.2, -0.15) is 13.2 Å². The number of aromatic nitrogens is 2. The molecule has 0 unspecified atom stereocenters. The molecule has 0 amide bonds. The van der Waals surface area contributed by atoms with E-state index in [1.165, 1.54) is 31.4 Å². The van der Waals surface area contributed by atoms with Crippen LogP contribution in [0.2, 0.25) is 0 Å². The first-order valence-electron chi connectivity index (χ1n) is 7.39. The highest BCUT2D eigenvalue weighted by Crippen LogP contribution is 2.26. The quantitative estimate of drug-likeness (QED) is 0.794. The topological polar surface area (TPSA) is 96.3 Å². The second-order valence-electron chi connectivity index (χ2n) is 5.54. The zero-order chi connectivity index (χ0) is 19.6. The molecule has 2 rings (SSSR count). The summed E-state index contributed by atoms with van der Waals surface area (Å²) in [7, 11) is 2.14. The number of carbonyl (C=O) groups excluding carboxylic acids is 1. The van der Waals surface area contributed by atoms with E-state index >= 15 is 0 Å². The van der Waals surface area contributed by atoms with Crippen molar-refractivity contribution in [1.82, 2.24) is 9.13 Å². The van der Waals surface area contributed by atoms with Crippen LogP contribution >= 0.6 is 0 Å². The number of carbonyl (C=O) groups is 1. The molecular formula is C16H16F3N3O4. The van der Waals surface area contributed by atoms with Gasteiger partial charge in [0, 0.05) is 13.1 Å². The number of benzene rings is 1. The van der Waals surface area contributed by atoms with Crippen LogP contribution in [0.25, 0.3) is 5.69 Å². The Morgan fingerprint density at radius 2 is 1.81 bits per heavy atom. The van der Waals surface area contributed by atoms with Gasteiger partial charge in [-0.1, -0.05) is 12.1 Å². The van der Waals surface area contributed by atoms with Gasteiger partial charge in [-0.3, -0.25) is 14.2 Å². The molecule has 140 valence electrons. The predicted molar refractivity (Wildman–Crippen MR) is 86.0 cm³/mol. The lowest BCUT2D eigenvalue weighted by Crippen LogP contribution is -2.40. The number of nitrogens with zero attached hydrogens (tertiary/aromatic N) is 2. The fourth-order valence-corrected chi connectivity index (χ4v) is 2.41. The van der Waals surface area contributed by atoms with Crippen molar-refractivity contribution in [2.24, 2.45) is 12.8 Å². The van der Waals surface area contributed by atoms with E-state index in [2.05, 4.69) is 4.74 Å². The maximum absolute atomic E-state index is 12.9. The maximum Gasteiger partial charge on any atom is 0.431 e. The van der Waals surface area contributed by atoms with Gasteiger partial charge >= 0.3 is 17.8 Å². The molecule has 26 heavy (non-hydrogen) atoms. The van der Waals surface area contributed by atoms with Gasteiger partial charge in [-0.15, -0.1) is 0 Å². The highest BCUT2D eigenvalue weighted by Gasteiger charge is 2.35. The molecule has 1 atom stereocenters. The van der Waals surface area contributed by atoms with E-state index < -0.39 is 35.1 Å². The minimum atomic E-state index is -4.82. The summed E-state index contributed by atoms with van der Waals surface area (Å²) in [5.74, 6) is -0.595. The largest absolute Gasteiger partial charge is 0.468 e. The van der Waals surface area contributed by atoms with E-state index in [9.17, 15) is 27.6 Å². The fourth-order valence-electron chi connectivity index (χ4n) is 2.41. The summed E-state index contributed by atoms with van der Waals surface area (Å²) < 4.78 is 44.1. The van der Waals surface area contributed by atoms with Crippen molar-refractivity contribution >= 4 is 5.97 Å². The number of alkyl halides is 3. The molecule has 0 saturated heterocycles. The number of nitrogens with two attached hydrogens (primary N) is 1. The Morgan fingerprint density at radius 3 is 2.31 bits per heavy atom. The second-order valence-corrected chi connectivity index (χ2v) is 5.54. The van der Waals surface area contributed by atoms with Gasteiger partial charge in [0.1, 0.15) is 11.7 Å². The van der Waals surface area contributed by atoms with E-state index in [1.807, 2.05) is 0 Å². The highest BCUT2D eigenvalue weighted by molar-refractivity contribution is 5.75. The average Bonchev–Trinajstić information content (AvgIpc) is 2.57. The standard InChI is InChI=1S/C16H16F3N3O4/c1-21-12(16(17,18)19)8-13(23)22(15(21)25)10-5-3-9(4-6-10)7-11(20)14(24)26-2/h3-6,8,11H,7,20H2,1-2H3/t11-/m0/s1. The molecule has 7 nitrogen and oxygen atoms in total. The first-order chi connectivity index (χ1) is 12.1. The minimum absolute atomic E-state index is 0.0970. The molecule has 1 aromatic carbocycles. The van der Waals surface area contributed by atoms with Crippen molar-refractivity contribution in [3.8, 4) is 5.69 Å². The summed E-state index contributed by atoms with van der Waals surface area (Å²) in [5.41, 5.74) is 2.82. The van der Waals surface area contributed by atoms with E-state index in [0.717, 1.165) is 7.05 Å². The molecule has 0 bridgehead atoms. The summed E-state index contributed by atoms with van der Waals surface area (Å²) in [4.78, 5) is 35.5. The average molecular weight is 371 g/mol. The van der Waals surface area contributed by atoms with E-state index in [-0.39, 0.29) is 12.1 Å². The Morgan fingerprint density at radius 1 is 1.23 bits per heavy atom. The van der Waals surface area contributed by atoms with Crippen LogP contribution in [0.3, 0.4) is 0 Å². The third kappa shape index (κ3) is 3.85. The van der Waals surface area contributed by atoms with Crippen molar-refractivity contribution < 1.29 is 22.7 Å². The number of ether oxygens (including phenoxy) is 1. The molecule has 0 aliphatic heterocycles. The van der Waals surface area contributed by atoms with Gasteiger partial charge in [0.2, 0.25) is 0 Å². The summed E-state index contributed by atoms with van der Waals surface area (Å²) in [6.07, 6.45) is -4.66. The molecule has 10 heteroatoms. The van der Waals surface area contributed by atoms with Crippen LogP contribution in [-0.2, 0) is 29.2 Å². The second kappa shape index (κ2) is 7.16. The summed E-state index contributed by atoms with van der Waals surface area (Å²) >= 11 is 0. The Labute approximate surface area is 145 Å². The lowest BCUT2D eigenvalue weighted by molar-refractivity contribution is -0.144. The Bertz CT molecular complexity index is 930. The number of hydrogen-bond donors (Lipinski definition) is 1. The zero-order valence-corrected chi connectivity index (χ0v) is 13.9. The number of halogens is 3. The van der Waals surface area contributed by atoms with Gasteiger partial charge in [0.15, 0.2) is 0 Å². The lowest BCUT2D eigenvalue weighted by atomic mass is 10.1. The zero-order valence-electron chi connectivity index (χ0n) is 13.9. The van der Waals surface area contributed by atoms with E-state index in [0.29, 0.717) is 20.8 Å². The molecular weight excluding hydrogens is 355 g/mol. The third-order valence-electron chi connectivity index (χ3n) is 3.76. The summed E-state index contributed by atoms with van der Waals surface area (Å²) in [5, 5.41) is 0. The Hall–Kier alpha value is -2.88. The molecule has 1 aromatic heterocycles.